The standard InChI is InChI=1S/C10H16ClNS/c1-10(2,3)12-7-6-8-4-5-9(11)13-8/h4-5,12H,6-7H2,1-3H3. The van der Waals surface area contributed by atoms with Gasteiger partial charge in [-0.15, -0.1) is 11.3 Å². The van der Waals surface area contributed by atoms with Crippen molar-refractivity contribution in [1.29, 1.82) is 0 Å². The maximum absolute atomic E-state index is 5.83. The lowest BCUT2D eigenvalue weighted by Crippen LogP contribution is -2.36. The van der Waals surface area contributed by atoms with Gasteiger partial charge in [-0.1, -0.05) is 11.6 Å². The van der Waals surface area contributed by atoms with E-state index in [1.807, 2.05) is 6.07 Å². The predicted molar refractivity (Wildman–Crippen MR) is 60.8 cm³/mol. The Bertz CT molecular complexity index is 262. The molecule has 1 nitrogen and oxygen atoms in total. The Hall–Kier alpha value is -0.0500. The van der Waals surface area contributed by atoms with Gasteiger partial charge < -0.3 is 5.32 Å². The molecule has 3 heteroatoms. The van der Waals surface area contributed by atoms with Gasteiger partial charge in [-0.2, -0.15) is 0 Å². The van der Waals surface area contributed by atoms with Crippen LogP contribution < -0.4 is 5.32 Å². The van der Waals surface area contributed by atoms with Crippen molar-refractivity contribution in [1.82, 2.24) is 5.32 Å². The minimum absolute atomic E-state index is 0.209. The highest BCUT2D eigenvalue weighted by Crippen LogP contribution is 2.21. The Balaban J connectivity index is 2.28. The van der Waals surface area contributed by atoms with Crippen LogP contribution in [0.2, 0.25) is 4.34 Å². The van der Waals surface area contributed by atoms with E-state index in [1.165, 1.54) is 4.88 Å². The van der Waals surface area contributed by atoms with Gasteiger partial charge in [0.15, 0.2) is 0 Å². The first-order chi connectivity index (χ1) is 5.97. The fourth-order valence-corrected chi connectivity index (χ4v) is 2.13. The predicted octanol–water partition coefficient (Wildman–Crippen LogP) is 3.33. The van der Waals surface area contributed by atoms with E-state index in [9.17, 15) is 0 Å². The molecule has 13 heavy (non-hydrogen) atoms. The summed E-state index contributed by atoms with van der Waals surface area (Å²) in [5.41, 5.74) is 0.209. The van der Waals surface area contributed by atoms with Crippen LogP contribution in [-0.4, -0.2) is 12.1 Å². The topological polar surface area (TPSA) is 12.0 Å². The second kappa shape index (κ2) is 4.45. The summed E-state index contributed by atoms with van der Waals surface area (Å²) in [4.78, 5) is 1.35. The van der Waals surface area contributed by atoms with Gasteiger partial charge in [0, 0.05) is 17.0 Å². The molecule has 0 unspecified atom stereocenters. The third-order valence-electron chi connectivity index (χ3n) is 1.66. The largest absolute Gasteiger partial charge is 0.312 e. The zero-order valence-electron chi connectivity index (χ0n) is 8.36. The van der Waals surface area contributed by atoms with Crippen LogP contribution in [0.5, 0.6) is 0 Å². The molecule has 0 aliphatic heterocycles. The summed E-state index contributed by atoms with van der Waals surface area (Å²) in [5.74, 6) is 0. The monoisotopic (exact) mass is 217 g/mol. The van der Waals surface area contributed by atoms with Crippen LogP contribution in [0.3, 0.4) is 0 Å². The molecule has 0 aromatic carbocycles. The maximum atomic E-state index is 5.83. The third kappa shape index (κ3) is 4.65. The molecular formula is C10H16ClNS. The summed E-state index contributed by atoms with van der Waals surface area (Å²) in [6.07, 6.45) is 1.06. The molecule has 0 atom stereocenters. The van der Waals surface area contributed by atoms with Gasteiger partial charge in [0.2, 0.25) is 0 Å². The molecular weight excluding hydrogens is 202 g/mol. The van der Waals surface area contributed by atoms with Crippen LogP contribution in [0.4, 0.5) is 0 Å². The van der Waals surface area contributed by atoms with E-state index in [0.29, 0.717) is 0 Å². The van der Waals surface area contributed by atoms with Crippen LogP contribution >= 0.6 is 22.9 Å². The SMILES string of the molecule is CC(C)(C)NCCc1ccc(Cl)s1. The van der Waals surface area contributed by atoms with E-state index in [-0.39, 0.29) is 5.54 Å². The quantitative estimate of drug-likeness (QED) is 0.819. The summed E-state index contributed by atoms with van der Waals surface area (Å²) in [6.45, 7) is 7.54. The lowest BCUT2D eigenvalue weighted by Gasteiger charge is -2.19. The van der Waals surface area contributed by atoms with E-state index in [4.69, 9.17) is 11.6 Å². The molecule has 1 rings (SSSR count). The van der Waals surface area contributed by atoms with Crippen molar-refractivity contribution >= 4 is 22.9 Å². The first-order valence-electron chi connectivity index (χ1n) is 4.47. The average Bonchev–Trinajstić information content (AvgIpc) is 2.33. The highest BCUT2D eigenvalue weighted by atomic mass is 35.5. The molecule has 0 spiro atoms. The number of nitrogens with one attached hydrogen (secondary N) is 1. The lowest BCUT2D eigenvalue weighted by atomic mass is 10.1. The van der Waals surface area contributed by atoms with Crippen molar-refractivity contribution in [2.75, 3.05) is 6.54 Å². The minimum Gasteiger partial charge on any atom is -0.312 e. The van der Waals surface area contributed by atoms with Crippen LogP contribution in [0, 0.1) is 0 Å². The van der Waals surface area contributed by atoms with Gasteiger partial charge in [-0.25, -0.2) is 0 Å². The summed E-state index contributed by atoms with van der Waals surface area (Å²) in [7, 11) is 0. The van der Waals surface area contributed by atoms with Crippen molar-refractivity contribution < 1.29 is 0 Å². The number of halogens is 1. The molecule has 0 aliphatic rings. The van der Waals surface area contributed by atoms with E-state index < -0.39 is 0 Å². The van der Waals surface area contributed by atoms with Crippen molar-refractivity contribution in [2.45, 2.75) is 32.7 Å². The summed E-state index contributed by atoms with van der Waals surface area (Å²) in [5, 5.41) is 3.44. The molecule has 0 bridgehead atoms. The van der Waals surface area contributed by atoms with Crippen LogP contribution in [0.25, 0.3) is 0 Å². The van der Waals surface area contributed by atoms with E-state index in [2.05, 4.69) is 32.2 Å². The average molecular weight is 218 g/mol. The molecule has 74 valence electrons. The Morgan fingerprint density at radius 3 is 2.54 bits per heavy atom. The molecule has 0 aliphatic carbocycles. The van der Waals surface area contributed by atoms with Gasteiger partial charge in [-0.05, 0) is 39.3 Å². The smallest absolute Gasteiger partial charge is 0.0931 e. The second-order valence-electron chi connectivity index (χ2n) is 4.13. The molecule has 1 N–H and O–H groups in total. The number of rotatable bonds is 3. The second-order valence-corrected chi connectivity index (χ2v) is 5.93. The van der Waals surface area contributed by atoms with Gasteiger partial charge in [0.1, 0.15) is 0 Å². The Morgan fingerprint density at radius 1 is 1.38 bits per heavy atom. The maximum Gasteiger partial charge on any atom is 0.0931 e. The minimum atomic E-state index is 0.209. The van der Waals surface area contributed by atoms with Crippen molar-refractivity contribution in [3.8, 4) is 0 Å². The number of hydrogen-bond donors (Lipinski definition) is 1. The third-order valence-corrected chi connectivity index (χ3v) is 2.95. The van der Waals surface area contributed by atoms with Crippen molar-refractivity contribution in [3.05, 3.63) is 21.3 Å². The highest BCUT2D eigenvalue weighted by Gasteiger charge is 2.07. The molecule has 1 aromatic heterocycles. The lowest BCUT2D eigenvalue weighted by molar-refractivity contribution is 0.430. The number of hydrogen-bond acceptors (Lipinski definition) is 2. The number of thiophene rings is 1. The van der Waals surface area contributed by atoms with Crippen molar-refractivity contribution in [3.63, 3.8) is 0 Å². The van der Waals surface area contributed by atoms with Gasteiger partial charge in [0.25, 0.3) is 0 Å². The summed E-state index contributed by atoms with van der Waals surface area (Å²) < 4.78 is 0.880. The highest BCUT2D eigenvalue weighted by molar-refractivity contribution is 7.16. The zero-order valence-corrected chi connectivity index (χ0v) is 9.93. The zero-order chi connectivity index (χ0) is 9.90. The van der Waals surface area contributed by atoms with E-state index in [1.54, 1.807) is 11.3 Å². The fraction of sp³-hybridized carbons (Fsp3) is 0.600. The Labute approximate surface area is 89.1 Å². The molecule has 0 fully saturated rings. The molecule has 0 radical (unpaired) electrons. The summed E-state index contributed by atoms with van der Waals surface area (Å²) >= 11 is 7.49. The normalized spacial score (nSPS) is 12.0. The van der Waals surface area contributed by atoms with E-state index >= 15 is 0 Å². The molecule has 0 saturated heterocycles. The summed E-state index contributed by atoms with van der Waals surface area (Å²) in [6, 6.07) is 4.05. The first-order valence-corrected chi connectivity index (χ1v) is 5.66. The molecule has 0 amide bonds. The van der Waals surface area contributed by atoms with Crippen molar-refractivity contribution in [2.24, 2.45) is 0 Å². The Morgan fingerprint density at radius 2 is 2.08 bits per heavy atom. The van der Waals surface area contributed by atoms with E-state index in [0.717, 1.165) is 17.3 Å². The van der Waals surface area contributed by atoms with Crippen LogP contribution in [-0.2, 0) is 6.42 Å². The Kier molecular flexibility index (Phi) is 3.77. The molecule has 0 saturated carbocycles. The molecule has 1 heterocycles. The van der Waals surface area contributed by atoms with Gasteiger partial charge in [-0.3, -0.25) is 0 Å². The molecule has 1 aromatic rings. The van der Waals surface area contributed by atoms with Gasteiger partial charge >= 0.3 is 0 Å². The fourth-order valence-electron chi connectivity index (χ4n) is 1.05. The van der Waals surface area contributed by atoms with Crippen LogP contribution in [0.1, 0.15) is 25.6 Å². The first kappa shape index (κ1) is 11.0. The van der Waals surface area contributed by atoms with Gasteiger partial charge in [0.05, 0.1) is 4.34 Å². The van der Waals surface area contributed by atoms with Crippen LogP contribution in [0.15, 0.2) is 12.1 Å².